The molecule has 1 fully saturated rings. The number of amides is 4. The summed E-state index contributed by atoms with van der Waals surface area (Å²) in [4.78, 5) is 39.7. The van der Waals surface area contributed by atoms with Crippen LogP contribution in [0.1, 0.15) is 22.3 Å². The summed E-state index contributed by atoms with van der Waals surface area (Å²) in [5.74, 6) is -1.41. The van der Waals surface area contributed by atoms with Crippen molar-refractivity contribution in [1.82, 2.24) is 9.88 Å². The Hall–Kier alpha value is -3.87. The van der Waals surface area contributed by atoms with Gasteiger partial charge in [-0.15, -0.1) is 0 Å². The average Bonchev–Trinajstić information content (AvgIpc) is 3.18. The van der Waals surface area contributed by atoms with E-state index in [1.165, 1.54) is 6.08 Å². The lowest BCUT2D eigenvalue weighted by atomic mass is 10.0. The Morgan fingerprint density at radius 3 is 2.44 bits per heavy atom. The quantitative estimate of drug-likeness (QED) is 0.255. The van der Waals surface area contributed by atoms with Crippen LogP contribution in [0.5, 0.6) is 0 Å². The number of nitrogens with zero attached hydrogens (tertiary/aromatic N) is 2. The molecule has 0 bridgehead atoms. The molecular formula is C28H21Cl2N3O3. The number of anilines is 1. The third kappa shape index (κ3) is 4.30. The van der Waals surface area contributed by atoms with E-state index >= 15 is 0 Å². The first kappa shape index (κ1) is 23.9. The number of urea groups is 1. The van der Waals surface area contributed by atoms with Crippen LogP contribution in [-0.4, -0.2) is 22.4 Å². The molecule has 0 radical (unpaired) electrons. The first-order valence-corrected chi connectivity index (χ1v) is 12.0. The van der Waals surface area contributed by atoms with E-state index in [-0.39, 0.29) is 5.57 Å². The van der Waals surface area contributed by atoms with Crippen molar-refractivity contribution >= 4 is 63.7 Å². The summed E-state index contributed by atoms with van der Waals surface area (Å²) >= 11 is 12.4. The van der Waals surface area contributed by atoms with Crippen molar-refractivity contribution in [3.05, 3.63) is 105 Å². The molecule has 0 saturated carbocycles. The van der Waals surface area contributed by atoms with Crippen LogP contribution in [0, 0.1) is 13.8 Å². The van der Waals surface area contributed by atoms with Gasteiger partial charge in [-0.25, -0.2) is 9.69 Å². The van der Waals surface area contributed by atoms with Crippen LogP contribution in [-0.2, 0) is 16.1 Å². The Morgan fingerprint density at radius 1 is 0.917 bits per heavy atom. The number of rotatable bonds is 4. The minimum Gasteiger partial charge on any atom is -0.342 e. The van der Waals surface area contributed by atoms with Gasteiger partial charge >= 0.3 is 6.03 Å². The van der Waals surface area contributed by atoms with Crippen molar-refractivity contribution in [1.29, 1.82) is 0 Å². The summed E-state index contributed by atoms with van der Waals surface area (Å²) in [5.41, 5.74) is 4.69. The van der Waals surface area contributed by atoms with Crippen LogP contribution in [0.25, 0.3) is 17.0 Å². The molecular weight excluding hydrogens is 497 g/mol. The zero-order valence-electron chi connectivity index (χ0n) is 19.5. The van der Waals surface area contributed by atoms with Crippen LogP contribution in [0.4, 0.5) is 10.5 Å². The maximum atomic E-state index is 13.4. The van der Waals surface area contributed by atoms with Gasteiger partial charge in [0.2, 0.25) is 0 Å². The molecule has 3 aromatic carbocycles. The highest BCUT2D eigenvalue weighted by atomic mass is 35.5. The molecule has 8 heteroatoms. The maximum absolute atomic E-state index is 13.4. The van der Waals surface area contributed by atoms with E-state index in [1.54, 1.807) is 24.3 Å². The topological polar surface area (TPSA) is 71.4 Å². The molecule has 4 amide bonds. The molecule has 0 unspecified atom stereocenters. The third-order valence-electron chi connectivity index (χ3n) is 6.33. The summed E-state index contributed by atoms with van der Waals surface area (Å²) in [6.45, 7) is 4.31. The number of nitrogens with one attached hydrogen (secondary N) is 1. The van der Waals surface area contributed by atoms with Crippen LogP contribution in [0.15, 0.2) is 72.4 Å². The molecule has 0 atom stereocenters. The Labute approximate surface area is 217 Å². The summed E-state index contributed by atoms with van der Waals surface area (Å²) in [6.07, 6.45) is 3.39. The molecule has 180 valence electrons. The Morgan fingerprint density at radius 2 is 1.69 bits per heavy atom. The summed E-state index contributed by atoms with van der Waals surface area (Å²) in [5, 5.41) is 4.24. The Balaban J connectivity index is 1.57. The minimum absolute atomic E-state index is 0.125. The number of carbonyl (C=O) groups excluding carboxylic acids is 3. The second-order valence-corrected chi connectivity index (χ2v) is 9.54. The van der Waals surface area contributed by atoms with Gasteiger partial charge in [0.05, 0.1) is 5.69 Å². The van der Waals surface area contributed by atoms with E-state index in [1.807, 2.05) is 61.0 Å². The third-order valence-corrected chi connectivity index (χ3v) is 6.91. The van der Waals surface area contributed by atoms with Crippen molar-refractivity contribution in [3.63, 3.8) is 0 Å². The van der Waals surface area contributed by atoms with Crippen LogP contribution < -0.4 is 10.2 Å². The van der Waals surface area contributed by atoms with Gasteiger partial charge in [-0.3, -0.25) is 14.9 Å². The number of aryl methyl sites for hydroxylation is 2. The average molecular weight is 518 g/mol. The van der Waals surface area contributed by atoms with Gasteiger partial charge in [0.25, 0.3) is 11.8 Å². The lowest BCUT2D eigenvalue weighted by molar-refractivity contribution is -0.122. The van der Waals surface area contributed by atoms with Crippen LogP contribution in [0.2, 0.25) is 10.0 Å². The van der Waals surface area contributed by atoms with E-state index in [0.717, 1.165) is 32.5 Å². The van der Waals surface area contributed by atoms with Crippen molar-refractivity contribution in [3.8, 4) is 0 Å². The van der Waals surface area contributed by atoms with Gasteiger partial charge in [0.1, 0.15) is 5.57 Å². The Bertz CT molecular complexity index is 1600. The van der Waals surface area contributed by atoms with Crippen molar-refractivity contribution in [2.45, 2.75) is 20.4 Å². The van der Waals surface area contributed by atoms with Gasteiger partial charge < -0.3 is 4.57 Å². The molecule has 6 nitrogen and oxygen atoms in total. The highest BCUT2D eigenvalue weighted by Gasteiger charge is 2.37. The van der Waals surface area contributed by atoms with Crippen LogP contribution in [0.3, 0.4) is 0 Å². The van der Waals surface area contributed by atoms with E-state index in [0.29, 0.717) is 27.8 Å². The normalized spacial score (nSPS) is 15.2. The van der Waals surface area contributed by atoms with Gasteiger partial charge in [-0.1, -0.05) is 53.5 Å². The summed E-state index contributed by atoms with van der Waals surface area (Å²) in [7, 11) is 0. The SMILES string of the molecule is Cc1ccc(N2C(=O)NC(=O)/C(=C\c3cn(Cc4ccc(Cl)cc4Cl)c4ccccc34)C2=O)cc1C. The zero-order chi connectivity index (χ0) is 25.6. The first-order chi connectivity index (χ1) is 17.2. The number of imide groups is 2. The molecule has 1 saturated heterocycles. The molecule has 4 aromatic rings. The number of halogens is 2. The number of hydrogen-bond donors (Lipinski definition) is 1. The largest absolute Gasteiger partial charge is 0.342 e. The fourth-order valence-corrected chi connectivity index (χ4v) is 4.73. The lowest BCUT2D eigenvalue weighted by Gasteiger charge is -2.26. The highest BCUT2D eigenvalue weighted by molar-refractivity contribution is 6.39. The first-order valence-electron chi connectivity index (χ1n) is 11.2. The van der Waals surface area contributed by atoms with Gasteiger partial charge in [-0.05, 0) is 66.9 Å². The maximum Gasteiger partial charge on any atom is 0.335 e. The second kappa shape index (κ2) is 9.30. The molecule has 0 spiro atoms. The summed E-state index contributed by atoms with van der Waals surface area (Å²) in [6, 6.07) is 17.5. The van der Waals surface area contributed by atoms with Gasteiger partial charge in [-0.2, -0.15) is 0 Å². The van der Waals surface area contributed by atoms with Crippen LogP contribution >= 0.6 is 23.2 Å². The predicted molar refractivity (Wildman–Crippen MR) is 142 cm³/mol. The minimum atomic E-state index is -0.773. The van der Waals surface area contributed by atoms with E-state index in [9.17, 15) is 14.4 Å². The number of aromatic nitrogens is 1. The van der Waals surface area contributed by atoms with Gasteiger partial charge in [0, 0.05) is 39.3 Å². The number of barbiturate groups is 1. The highest BCUT2D eigenvalue weighted by Crippen LogP contribution is 2.29. The number of carbonyl (C=O) groups is 3. The standard InChI is InChI=1S/C28H21Cl2N3O3/c1-16-7-10-21(11-17(16)2)33-27(35)23(26(34)31-28(33)36)12-19-15-32(25-6-4-3-5-22(19)25)14-18-8-9-20(29)13-24(18)30/h3-13,15H,14H2,1-2H3,(H,31,34,36)/b23-12+. The fraction of sp³-hybridized carbons (Fsp3) is 0.107. The number of benzene rings is 3. The van der Waals surface area contributed by atoms with Crippen molar-refractivity contribution in [2.24, 2.45) is 0 Å². The molecule has 2 heterocycles. The number of para-hydroxylation sites is 1. The summed E-state index contributed by atoms with van der Waals surface area (Å²) < 4.78 is 1.99. The molecule has 5 rings (SSSR count). The van der Waals surface area contributed by atoms with Crippen molar-refractivity contribution < 1.29 is 14.4 Å². The molecule has 1 aliphatic heterocycles. The second-order valence-electron chi connectivity index (χ2n) is 8.69. The molecule has 36 heavy (non-hydrogen) atoms. The lowest BCUT2D eigenvalue weighted by Crippen LogP contribution is -2.54. The smallest absolute Gasteiger partial charge is 0.335 e. The monoisotopic (exact) mass is 517 g/mol. The van der Waals surface area contributed by atoms with E-state index in [2.05, 4.69) is 5.32 Å². The van der Waals surface area contributed by atoms with Gasteiger partial charge in [0.15, 0.2) is 0 Å². The van der Waals surface area contributed by atoms with E-state index in [4.69, 9.17) is 23.2 Å². The number of fused-ring (bicyclic) bond motifs is 1. The zero-order valence-corrected chi connectivity index (χ0v) is 21.0. The molecule has 1 N–H and O–H groups in total. The fourth-order valence-electron chi connectivity index (χ4n) is 4.27. The molecule has 1 aliphatic rings. The van der Waals surface area contributed by atoms with Crippen molar-refractivity contribution in [2.75, 3.05) is 4.90 Å². The molecule has 1 aromatic heterocycles. The number of hydrogen-bond acceptors (Lipinski definition) is 3. The van der Waals surface area contributed by atoms with E-state index < -0.39 is 17.8 Å². The molecule has 0 aliphatic carbocycles. The predicted octanol–water partition coefficient (Wildman–Crippen LogP) is 6.28. The Kier molecular flexibility index (Phi) is 6.16.